The minimum Gasteiger partial charge on any atom is -0.465 e. The van der Waals surface area contributed by atoms with E-state index in [1.807, 2.05) is 0 Å². The molecule has 1 amide bonds. The molecular weight excluding hydrogens is 246 g/mol. The summed E-state index contributed by atoms with van der Waals surface area (Å²) in [4.78, 5) is 26.8. The number of esters is 1. The molecule has 1 heterocycles. The Morgan fingerprint density at radius 3 is 2.63 bits per heavy atom. The van der Waals surface area contributed by atoms with Crippen molar-refractivity contribution >= 4 is 17.6 Å². The molecule has 1 aromatic carbocycles. The zero-order valence-corrected chi connectivity index (χ0v) is 10.4. The largest absolute Gasteiger partial charge is 0.465 e. The molecule has 0 aliphatic rings. The number of rotatable bonds is 4. The van der Waals surface area contributed by atoms with E-state index in [-0.39, 0.29) is 12.5 Å². The second-order valence-electron chi connectivity index (χ2n) is 3.85. The van der Waals surface area contributed by atoms with Crippen LogP contribution in [0.2, 0.25) is 0 Å². The van der Waals surface area contributed by atoms with Gasteiger partial charge >= 0.3 is 5.97 Å². The standard InChI is InChI=1S/C13H13N3O3/c1-19-13(18)10-2-4-11(5-3-10)15-12(17)8-16-7-6-14-9-16/h2-7,9H,8H2,1H3,(H,15,17). The number of nitrogens with zero attached hydrogens (tertiary/aromatic N) is 2. The molecule has 0 saturated carbocycles. The van der Waals surface area contributed by atoms with Crippen molar-refractivity contribution in [3.05, 3.63) is 48.5 Å². The van der Waals surface area contributed by atoms with Crippen molar-refractivity contribution in [1.29, 1.82) is 0 Å². The molecule has 6 heteroatoms. The summed E-state index contributed by atoms with van der Waals surface area (Å²) in [6.45, 7) is 0.193. The number of nitrogens with one attached hydrogen (secondary N) is 1. The first-order chi connectivity index (χ1) is 9.19. The smallest absolute Gasteiger partial charge is 0.337 e. The molecule has 0 spiro atoms. The van der Waals surface area contributed by atoms with E-state index < -0.39 is 5.97 Å². The number of carbonyl (C=O) groups is 2. The lowest BCUT2D eigenvalue weighted by atomic mass is 10.2. The van der Waals surface area contributed by atoms with Gasteiger partial charge in [0.1, 0.15) is 6.54 Å². The van der Waals surface area contributed by atoms with Gasteiger partial charge in [-0.25, -0.2) is 9.78 Å². The summed E-state index contributed by atoms with van der Waals surface area (Å²) in [6.07, 6.45) is 4.89. The highest BCUT2D eigenvalue weighted by Crippen LogP contribution is 2.10. The minimum atomic E-state index is -0.406. The SMILES string of the molecule is COC(=O)c1ccc(NC(=O)Cn2ccnc2)cc1. The number of amides is 1. The van der Waals surface area contributed by atoms with Crippen LogP contribution in [0, 0.1) is 0 Å². The fourth-order valence-electron chi connectivity index (χ4n) is 1.55. The van der Waals surface area contributed by atoms with E-state index in [4.69, 9.17) is 0 Å². The Morgan fingerprint density at radius 2 is 2.05 bits per heavy atom. The molecule has 0 atom stereocenters. The maximum Gasteiger partial charge on any atom is 0.337 e. The molecule has 0 radical (unpaired) electrons. The monoisotopic (exact) mass is 259 g/mol. The van der Waals surface area contributed by atoms with Crippen molar-refractivity contribution in [2.24, 2.45) is 0 Å². The van der Waals surface area contributed by atoms with Crippen molar-refractivity contribution in [3.63, 3.8) is 0 Å². The number of aromatic nitrogens is 2. The molecule has 0 saturated heterocycles. The first kappa shape index (κ1) is 12.8. The van der Waals surface area contributed by atoms with E-state index in [0.29, 0.717) is 11.3 Å². The normalized spacial score (nSPS) is 9.95. The van der Waals surface area contributed by atoms with Crippen LogP contribution in [0.1, 0.15) is 10.4 Å². The number of methoxy groups -OCH3 is 1. The Kier molecular flexibility index (Phi) is 3.92. The summed E-state index contributed by atoms with van der Waals surface area (Å²) >= 11 is 0. The molecule has 1 N–H and O–H groups in total. The van der Waals surface area contributed by atoms with Crippen molar-refractivity contribution in [2.75, 3.05) is 12.4 Å². The summed E-state index contributed by atoms with van der Waals surface area (Å²) in [5, 5.41) is 2.72. The lowest BCUT2D eigenvalue weighted by Gasteiger charge is -2.06. The molecule has 19 heavy (non-hydrogen) atoms. The average Bonchev–Trinajstić information content (AvgIpc) is 2.91. The topological polar surface area (TPSA) is 73.2 Å². The van der Waals surface area contributed by atoms with Crippen molar-refractivity contribution < 1.29 is 14.3 Å². The van der Waals surface area contributed by atoms with Crippen molar-refractivity contribution in [1.82, 2.24) is 9.55 Å². The summed E-state index contributed by atoms with van der Waals surface area (Å²) in [5.74, 6) is -0.569. The van der Waals surface area contributed by atoms with Crippen LogP contribution in [0.15, 0.2) is 43.0 Å². The molecule has 6 nitrogen and oxygen atoms in total. The number of anilines is 1. The van der Waals surface area contributed by atoms with Crippen molar-refractivity contribution in [2.45, 2.75) is 6.54 Å². The highest BCUT2D eigenvalue weighted by atomic mass is 16.5. The summed E-state index contributed by atoms with van der Waals surface area (Å²) < 4.78 is 6.26. The highest BCUT2D eigenvalue weighted by Gasteiger charge is 2.06. The van der Waals surface area contributed by atoms with Gasteiger partial charge in [-0.2, -0.15) is 0 Å². The van der Waals surface area contributed by atoms with E-state index >= 15 is 0 Å². The van der Waals surface area contributed by atoms with E-state index in [2.05, 4.69) is 15.0 Å². The third-order valence-corrected chi connectivity index (χ3v) is 2.48. The molecule has 0 bridgehead atoms. The van der Waals surface area contributed by atoms with E-state index in [1.165, 1.54) is 7.11 Å². The number of carbonyl (C=O) groups excluding carboxylic acids is 2. The van der Waals surface area contributed by atoms with Gasteiger partial charge in [0.25, 0.3) is 0 Å². The first-order valence-corrected chi connectivity index (χ1v) is 5.63. The quantitative estimate of drug-likeness (QED) is 0.840. The van der Waals surface area contributed by atoms with Gasteiger partial charge in [-0.3, -0.25) is 4.79 Å². The Morgan fingerprint density at radius 1 is 1.32 bits per heavy atom. The van der Waals surface area contributed by atoms with E-state index in [9.17, 15) is 9.59 Å². The molecule has 0 aliphatic carbocycles. The zero-order chi connectivity index (χ0) is 13.7. The first-order valence-electron chi connectivity index (χ1n) is 5.63. The Hall–Kier alpha value is -2.63. The van der Waals surface area contributed by atoms with Gasteiger partial charge in [-0.15, -0.1) is 0 Å². The second kappa shape index (κ2) is 5.81. The summed E-state index contributed by atoms with van der Waals surface area (Å²) in [7, 11) is 1.32. The predicted molar refractivity (Wildman–Crippen MR) is 68.6 cm³/mol. The fraction of sp³-hybridized carbons (Fsp3) is 0.154. The Labute approximate surface area is 110 Å². The van der Waals surface area contributed by atoms with Crippen LogP contribution in [0.3, 0.4) is 0 Å². The lowest BCUT2D eigenvalue weighted by molar-refractivity contribution is -0.116. The van der Waals surface area contributed by atoms with E-state index in [1.54, 1.807) is 47.6 Å². The second-order valence-corrected chi connectivity index (χ2v) is 3.85. The maximum absolute atomic E-state index is 11.7. The van der Waals surface area contributed by atoms with E-state index in [0.717, 1.165) is 0 Å². The van der Waals surface area contributed by atoms with Crippen LogP contribution in [-0.2, 0) is 16.1 Å². The van der Waals surface area contributed by atoms with Gasteiger partial charge < -0.3 is 14.6 Å². The van der Waals surface area contributed by atoms with Crippen LogP contribution < -0.4 is 5.32 Å². The zero-order valence-electron chi connectivity index (χ0n) is 10.4. The molecule has 0 unspecified atom stereocenters. The summed E-state index contributed by atoms with van der Waals surface area (Å²) in [6, 6.07) is 6.49. The van der Waals surface area contributed by atoms with Gasteiger partial charge in [0.2, 0.25) is 5.91 Å². The molecule has 2 rings (SSSR count). The average molecular weight is 259 g/mol. The highest BCUT2D eigenvalue weighted by molar-refractivity contribution is 5.92. The molecule has 1 aromatic heterocycles. The molecule has 0 fully saturated rings. The molecule has 2 aromatic rings. The van der Waals surface area contributed by atoms with Crippen LogP contribution in [-0.4, -0.2) is 28.5 Å². The number of benzene rings is 1. The maximum atomic E-state index is 11.7. The third kappa shape index (κ3) is 3.41. The van der Waals surface area contributed by atoms with Crippen LogP contribution in [0.25, 0.3) is 0 Å². The minimum absolute atomic E-state index is 0.163. The van der Waals surface area contributed by atoms with Gasteiger partial charge in [-0.05, 0) is 24.3 Å². The number of ether oxygens (including phenoxy) is 1. The third-order valence-electron chi connectivity index (χ3n) is 2.48. The fourth-order valence-corrected chi connectivity index (χ4v) is 1.55. The Bertz CT molecular complexity index is 561. The van der Waals surface area contributed by atoms with Crippen LogP contribution >= 0.6 is 0 Å². The number of imidazole rings is 1. The van der Waals surface area contributed by atoms with Crippen LogP contribution in [0.5, 0.6) is 0 Å². The van der Waals surface area contributed by atoms with Gasteiger partial charge in [0, 0.05) is 18.1 Å². The van der Waals surface area contributed by atoms with Gasteiger partial charge in [0.05, 0.1) is 19.0 Å². The van der Waals surface area contributed by atoms with Crippen LogP contribution in [0.4, 0.5) is 5.69 Å². The van der Waals surface area contributed by atoms with Crippen molar-refractivity contribution in [3.8, 4) is 0 Å². The Balaban J connectivity index is 1.96. The predicted octanol–water partition coefficient (Wildman–Crippen LogP) is 1.31. The van der Waals surface area contributed by atoms with Gasteiger partial charge in [-0.1, -0.05) is 0 Å². The molecule has 0 aliphatic heterocycles. The lowest BCUT2D eigenvalue weighted by Crippen LogP contribution is -2.17. The summed E-state index contributed by atoms with van der Waals surface area (Å²) in [5.41, 5.74) is 1.06. The number of hydrogen-bond acceptors (Lipinski definition) is 4. The molecular formula is C13H13N3O3. The number of hydrogen-bond donors (Lipinski definition) is 1. The molecule has 98 valence electrons. The van der Waals surface area contributed by atoms with Gasteiger partial charge in [0.15, 0.2) is 0 Å².